The van der Waals surface area contributed by atoms with E-state index in [0.717, 1.165) is 18.2 Å². The van der Waals surface area contributed by atoms with Crippen molar-refractivity contribution in [3.63, 3.8) is 0 Å². The van der Waals surface area contributed by atoms with Crippen LogP contribution in [0.25, 0.3) is 0 Å². The van der Waals surface area contributed by atoms with Gasteiger partial charge in [-0.3, -0.25) is 9.78 Å². The van der Waals surface area contributed by atoms with E-state index in [-0.39, 0.29) is 17.2 Å². The molecule has 0 aliphatic carbocycles. The maximum atomic E-state index is 12.5. The zero-order valence-corrected chi connectivity index (χ0v) is 13.4. The average Bonchev–Trinajstić information content (AvgIpc) is 2.53. The molecule has 22 heavy (non-hydrogen) atoms. The molecule has 1 heterocycles. The van der Waals surface area contributed by atoms with Gasteiger partial charge in [-0.2, -0.15) is 0 Å². The average molecular weight is 308 g/mol. The van der Waals surface area contributed by atoms with Gasteiger partial charge in [0.05, 0.1) is 6.20 Å². The Hall–Kier alpha value is -2.30. The third-order valence-corrected chi connectivity index (χ3v) is 2.55. The van der Waals surface area contributed by atoms with Gasteiger partial charge in [-0.1, -0.05) is 20.8 Å². The first-order chi connectivity index (χ1) is 10.4. The second kappa shape index (κ2) is 10.4. The van der Waals surface area contributed by atoms with E-state index in [9.17, 15) is 13.6 Å². The number of nitrogen functional groups attached to an aromatic ring is 1. The molecule has 0 saturated carbocycles. The molecular formula is C17H22F2N2O. The van der Waals surface area contributed by atoms with Gasteiger partial charge in [0.1, 0.15) is 11.6 Å². The van der Waals surface area contributed by atoms with Crippen molar-refractivity contribution in [1.82, 2.24) is 4.98 Å². The van der Waals surface area contributed by atoms with Crippen LogP contribution in [0.4, 0.5) is 14.5 Å². The predicted octanol–water partition coefficient (Wildman–Crippen LogP) is 4.42. The van der Waals surface area contributed by atoms with Crippen molar-refractivity contribution >= 4 is 11.5 Å². The number of carbonyl (C=O) groups excluding carboxylic acids is 1. The van der Waals surface area contributed by atoms with Gasteiger partial charge in [0.15, 0.2) is 5.78 Å². The number of aromatic nitrogens is 1. The van der Waals surface area contributed by atoms with Crippen molar-refractivity contribution in [2.24, 2.45) is 0 Å². The summed E-state index contributed by atoms with van der Waals surface area (Å²) in [6.45, 7) is 7.34. The molecule has 0 unspecified atom stereocenters. The SMILES string of the molecule is CC.CC(=O)c1cc(F)ccc1N.CCc1ccc(F)cn1. The number of rotatable bonds is 2. The fraction of sp³-hybridized carbons (Fsp3) is 0.294. The van der Waals surface area contributed by atoms with Gasteiger partial charge in [-0.15, -0.1) is 0 Å². The van der Waals surface area contributed by atoms with Crippen LogP contribution in [-0.4, -0.2) is 10.8 Å². The number of aryl methyl sites for hydroxylation is 1. The second-order valence-corrected chi connectivity index (χ2v) is 4.11. The van der Waals surface area contributed by atoms with Crippen LogP contribution in [0.5, 0.6) is 0 Å². The Morgan fingerprint density at radius 1 is 1.14 bits per heavy atom. The molecule has 3 nitrogen and oxygen atoms in total. The van der Waals surface area contributed by atoms with Gasteiger partial charge in [-0.25, -0.2) is 8.78 Å². The minimum absolute atomic E-state index is 0.220. The zero-order chi connectivity index (χ0) is 17.1. The number of carbonyl (C=O) groups is 1. The van der Waals surface area contributed by atoms with Crippen LogP contribution in [0, 0.1) is 11.6 Å². The molecule has 0 aliphatic heterocycles. The molecule has 2 rings (SSSR count). The fourth-order valence-corrected chi connectivity index (χ4v) is 1.45. The molecule has 0 aliphatic rings. The van der Waals surface area contributed by atoms with Gasteiger partial charge in [-0.05, 0) is 43.7 Å². The maximum Gasteiger partial charge on any atom is 0.161 e. The van der Waals surface area contributed by atoms with Crippen LogP contribution in [-0.2, 0) is 6.42 Å². The summed E-state index contributed by atoms with van der Waals surface area (Å²) in [5.74, 6) is -0.932. The van der Waals surface area contributed by atoms with Crippen LogP contribution in [0.2, 0.25) is 0 Å². The first-order valence-corrected chi connectivity index (χ1v) is 7.10. The van der Waals surface area contributed by atoms with Crippen molar-refractivity contribution in [1.29, 1.82) is 0 Å². The van der Waals surface area contributed by atoms with Gasteiger partial charge in [0.25, 0.3) is 0 Å². The lowest BCUT2D eigenvalue weighted by molar-refractivity contribution is 0.101. The number of benzene rings is 1. The van der Waals surface area contributed by atoms with Crippen molar-refractivity contribution in [3.05, 3.63) is 59.4 Å². The molecule has 0 amide bonds. The normalized spacial score (nSPS) is 9.00. The second-order valence-electron chi connectivity index (χ2n) is 4.11. The van der Waals surface area contributed by atoms with E-state index in [0.29, 0.717) is 5.69 Å². The van der Waals surface area contributed by atoms with Crippen LogP contribution in [0.3, 0.4) is 0 Å². The summed E-state index contributed by atoms with van der Waals surface area (Å²) >= 11 is 0. The lowest BCUT2D eigenvalue weighted by Crippen LogP contribution is -1.99. The van der Waals surface area contributed by atoms with E-state index in [2.05, 4.69) is 4.98 Å². The molecule has 0 bridgehead atoms. The van der Waals surface area contributed by atoms with Crippen molar-refractivity contribution < 1.29 is 13.6 Å². The molecule has 0 radical (unpaired) electrons. The van der Waals surface area contributed by atoms with Gasteiger partial charge >= 0.3 is 0 Å². The highest BCUT2D eigenvalue weighted by atomic mass is 19.1. The number of ketones is 1. The van der Waals surface area contributed by atoms with E-state index >= 15 is 0 Å². The third kappa shape index (κ3) is 6.92. The lowest BCUT2D eigenvalue weighted by Gasteiger charge is -1.99. The van der Waals surface area contributed by atoms with E-state index in [4.69, 9.17) is 5.73 Å². The fourth-order valence-electron chi connectivity index (χ4n) is 1.45. The highest BCUT2D eigenvalue weighted by Crippen LogP contribution is 2.13. The van der Waals surface area contributed by atoms with Crippen molar-refractivity contribution in [3.8, 4) is 0 Å². The van der Waals surface area contributed by atoms with Crippen LogP contribution < -0.4 is 5.73 Å². The van der Waals surface area contributed by atoms with Crippen molar-refractivity contribution in [2.75, 3.05) is 5.73 Å². The molecule has 0 fully saturated rings. The molecule has 0 spiro atoms. The van der Waals surface area contributed by atoms with E-state index in [1.165, 1.54) is 31.3 Å². The van der Waals surface area contributed by atoms with Crippen LogP contribution in [0.15, 0.2) is 36.5 Å². The molecule has 2 N–H and O–H groups in total. The zero-order valence-electron chi connectivity index (χ0n) is 13.4. The number of halogens is 2. The number of hydrogen-bond donors (Lipinski definition) is 1. The standard InChI is InChI=1S/C8H8FNO.C7H8FN.C2H6/c1-5(11)7-4-6(9)2-3-8(7)10;1-2-7-4-3-6(8)5-9-7;1-2/h2-4H,10H2,1H3;3-5H,2H2,1H3;1-2H3. The smallest absolute Gasteiger partial charge is 0.161 e. The summed E-state index contributed by atoms with van der Waals surface area (Å²) in [7, 11) is 0. The van der Waals surface area contributed by atoms with E-state index in [1.807, 2.05) is 20.8 Å². The Labute approximate surface area is 130 Å². The van der Waals surface area contributed by atoms with E-state index in [1.54, 1.807) is 6.07 Å². The Morgan fingerprint density at radius 2 is 1.73 bits per heavy atom. The van der Waals surface area contributed by atoms with Gasteiger partial charge < -0.3 is 5.73 Å². The molecule has 0 saturated heterocycles. The summed E-state index contributed by atoms with van der Waals surface area (Å²) in [5, 5.41) is 0. The number of Topliss-reactive ketones (excluding diaryl/α,β-unsaturated/α-hetero) is 1. The summed E-state index contributed by atoms with van der Waals surface area (Å²) in [4.78, 5) is 14.6. The summed E-state index contributed by atoms with van der Waals surface area (Å²) in [6.07, 6.45) is 2.10. The summed E-state index contributed by atoms with van der Waals surface area (Å²) in [5.41, 5.74) is 6.89. The van der Waals surface area contributed by atoms with Crippen LogP contribution in [0.1, 0.15) is 43.7 Å². The highest BCUT2D eigenvalue weighted by Gasteiger charge is 2.04. The van der Waals surface area contributed by atoms with Crippen molar-refractivity contribution in [2.45, 2.75) is 34.1 Å². The molecule has 5 heteroatoms. The predicted molar refractivity (Wildman–Crippen MR) is 85.7 cm³/mol. The third-order valence-electron chi connectivity index (χ3n) is 2.55. The first-order valence-electron chi connectivity index (χ1n) is 7.10. The minimum Gasteiger partial charge on any atom is -0.398 e. The maximum absolute atomic E-state index is 12.5. The molecule has 120 valence electrons. The Bertz CT molecular complexity index is 584. The summed E-state index contributed by atoms with van der Waals surface area (Å²) in [6, 6.07) is 6.85. The number of nitrogens with two attached hydrogens (primary N) is 1. The Morgan fingerprint density at radius 3 is 2.14 bits per heavy atom. The lowest BCUT2D eigenvalue weighted by atomic mass is 10.1. The largest absolute Gasteiger partial charge is 0.398 e. The Balaban J connectivity index is 0.000000366. The minimum atomic E-state index is -0.440. The van der Waals surface area contributed by atoms with Gasteiger partial charge in [0.2, 0.25) is 0 Å². The number of anilines is 1. The number of hydrogen-bond acceptors (Lipinski definition) is 3. The molecular weight excluding hydrogens is 286 g/mol. The number of pyridine rings is 1. The molecule has 1 aromatic carbocycles. The quantitative estimate of drug-likeness (QED) is 0.660. The Kier molecular flexibility index (Phi) is 9.34. The number of nitrogens with zero attached hydrogens (tertiary/aromatic N) is 1. The molecule has 0 atom stereocenters. The van der Waals surface area contributed by atoms with Gasteiger partial charge in [0, 0.05) is 16.9 Å². The van der Waals surface area contributed by atoms with E-state index < -0.39 is 5.82 Å². The molecule has 2 aromatic rings. The highest BCUT2D eigenvalue weighted by molar-refractivity contribution is 5.98. The first kappa shape index (κ1) is 19.7. The summed E-state index contributed by atoms with van der Waals surface area (Å²) < 4.78 is 24.7. The monoisotopic (exact) mass is 308 g/mol. The molecule has 1 aromatic heterocycles. The van der Waals surface area contributed by atoms with Crippen LogP contribution >= 0.6 is 0 Å². The topological polar surface area (TPSA) is 56.0 Å².